The Morgan fingerprint density at radius 1 is 1.30 bits per heavy atom. The van der Waals surface area contributed by atoms with Gasteiger partial charge in [-0.1, -0.05) is 30.3 Å². The molecule has 1 aliphatic heterocycles. The maximum absolute atomic E-state index is 12.6. The van der Waals surface area contributed by atoms with Crippen molar-refractivity contribution >= 4 is 5.91 Å². The van der Waals surface area contributed by atoms with Gasteiger partial charge in [0.1, 0.15) is 6.54 Å². The molecule has 0 aliphatic carbocycles. The van der Waals surface area contributed by atoms with E-state index in [2.05, 4.69) is 5.32 Å². The van der Waals surface area contributed by atoms with Crippen LogP contribution in [0.4, 0.5) is 13.2 Å². The first-order valence-corrected chi connectivity index (χ1v) is 6.56. The van der Waals surface area contributed by atoms with Gasteiger partial charge in [0.2, 0.25) is 5.91 Å². The van der Waals surface area contributed by atoms with E-state index < -0.39 is 18.6 Å². The number of carbonyl (C=O) groups is 1. The molecule has 1 unspecified atom stereocenters. The lowest BCUT2D eigenvalue weighted by atomic mass is 10.1. The Morgan fingerprint density at radius 3 is 2.55 bits per heavy atom. The summed E-state index contributed by atoms with van der Waals surface area (Å²) in [6.45, 7) is -0.0590. The van der Waals surface area contributed by atoms with Gasteiger partial charge in [-0.25, -0.2) is 0 Å². The minimum atomic E-state index is -4.38. The monoisotopic (exact) mass is 286 g/mol. The van der Waals surface area contributed by atoms with E-state index in [0.29, 0.717) is 25.1 Å². The lowest BCUT2D eigenvalue weighted by molar-refractivity contribution is -0.164. The van der Waals surface area contributed by atoms with Crippen LogP contribution in [0.1, 0.15) is 12.0 Å². The molecule has 1 aromatic rings. The van der Waals surface area contributed by atoms with Crippen LogP contribution in [-0.2, 0) is 11.3 Å². The van der Waals surface area contributed by atoms with E-state index in [1.165, 1.54) is 0 Å². The van der Waals surface area contributed by atoms with E-state index in [0.717, 1.165) is 4.90 Å². The standard InChI is InChI=1S/C14H17F3N2O/c15-14(16,17)10-19(9-11-4-2-1-3-5-11)13(20)12-6-7-18-8-12/h1-5,12,18H,6-10H2. The third kappa shape index (κ3) is 4.23. The summed E-state index contributed by atoms with van der Waals surface area (Å²) in [6.07, 6.45) is -3.78. The van der Waals surface area contributed by atoms with Crippen molar-refractivity contribution < 1.29 is 18.0 Å². The lowest BCUT2D eigenvalue weighted by Crippen LogP contribution is -2.42. The Morgan fingerprint density at radius 2 is 2.00 bits per heavy atom. The third-order valence-corrected chi connectivity index (χ3v) is 3.31. The molecule has 1 fully saturated rings. The molecule has 20 heavy (non-hydrogen) atoms. The maximum atomic E-state index is 12.6. The van der Waals surface area contributed by atoms with Crippen LogP contribution in [0.5, 0.6) is 0 Å². The number of nitrogens with one attached hydrogen (secondary N) is 1. The molecule has 1 amide bonds. The van der Waals surface area contributed by atoms with Gasteiger partial charge in [-0.3, -0.25) is 4.79 Å². The van der Waals surface area contributed by atoms with Crippen LogP contribution >= 0.6 is 0 Å². The minimum absolute atomic E-state index is 0.00428. The number of hydrogen-bond donors (Lipinski definition) is 1. The average Bonchev–Trinajstić information content (AvgIpc) is 2.90. The molecule has 3 nitrogen and oxygen atoms in total. The van der Waals surface area contributed by atoms with Crippen LogP contribution in [0.15, 0.2) is 30.3 Å². The zero-order chi connectivity index (χ0) is 14.6. The fourth-order valence-electron chi connectivity index (χ4n) is 2.36. The topological polar surface area (TPSA) is 32.3 Å². The van der Waals surface area contributed by atoms with Crippen molar-refractivity contribution in [3.63, 3.8) is 0 Å². The normalized spacial score (nSPS) is 19.1. The van der Waals surface area contributed by atoms with E-state index in [1.807, 2.05) is 0 Å². The molecule has 0 saturated carbocycles. The van der Waals surface area contributed by atoms with Crippen LogP contribution < -0.4 is 5.32 Å². The fourth-order valence-corrected chi connectivity index (χ4v) is 2.36. The number of amides is 1. The predicted molar refractivity (Wildman–Crippen MR) is 68.9 cm³/mol. The van der Waals surface area contributed by atoms with Crippen LogP contribution in [0, 0.1) is 5.92 Å². The molecule has 1 atom stereocenters. The summed E-state index contributed by atoms with van der Waals surface area (Å²) in [4.78, 5) is 13.1. The molecule has 2 rings (SSSR count). The second-order valence-electron chi connectivity index (χ2n) is 4.98. The highest BCUT2D eigenvalue weighted by Gasteiger charge is 2.36. The lowest BCUT2D eigenvalue weighted by Gasteiger charge is -2.26. The molecule has 1 saturated heterocycles. The van der Waals surface area contributed by atoms with Gasteiger partial charge in [-0.05, 0) is 18.5 Å². The number of carbonyl (C=O) groups excluding carboxylic acids is 1. The van der Waals surface area contributed by atoms with Gasteiger partial charge in [0.25, 0.3) is 0 Å². The highest BCUT2D eigenvalue weighted by Crippen LogP contribution is 2.21. The van der Waals surface area contributed by atoms with E-state index in [1.54, 1.807) is 30.3 Å². The molecule has 0 radical (unpaired) electrons. The van der Waals surface area contributed by atoms with Gasteiger partial charge in [-0.15, -0.1) is 0 Å². The van der Waals surface area contributed by atoms with Gasteiger partial charge in [-0.2, -0.15) is 13.2 Å². The number of alkyl halides is 3. The van der Waals surface area contributed by atoms with Crippen LogP contribution in [0.25, 0.3) is 0 Å². The van der Waals surface area contributed by atoms with Crippen molar-refractivity contribution in [3.8, 4) is 0 Å². The smallest absolute Gasteiger partial charge is 0.329 e. The van der Waals surface area contributed by atoms with E-state index in [-0.39, 0.29) is 12.5 Å². The van der Waals surface area contributed by atoms with Gasteiger partial charge in [0, 0.05) is 13.1 Å². The van der Waals surface area contributed by atoms with Crippen LogP contribution in [0.3, 0.4) is 0 Å². The molecule has 0 bridgehead atoms. The predicted octanol–water partition coefficient (Wildman–Crippen LogP) is 2.19. The average molecular weight is 286 g/mol. The molecule has 110 valence electrons. The van der Waals surface area contributed by atoms with Gasteiger partial charge >= 0.3 is 6.18 Å². The quantitative estimate of drug-likeness (QED) is 0.920. The Bertz CT molecular complexity index is 441. The Hall–Kier alpha value is -1.56. The summed E-state index contributed by atoms with van der Waals surface area (Å²) in [7, 11) is 0. The van der Waals surface area contributed by atoms with Crippen LogP contribution in [0.2, 0.25) is 0 Å². The van der Waals surface area contributed by atoms with Crippen molar-refractivity contribution in [2.24, 2.45) is 5.92 Å². The zero-order valence-corrected chi connectivity index (χ0v) is 11.0. The molecule has 1 aromatic carbocycles. The molecule has 1 N–H and O–H groups in total. The maximum Gasteiger partial charge on any atom is 0.406 e. The Labute approximate surface area is 115 Å². The Kier molecular flexibility index (Phi) is 4.65. The first-order chi connectivity index (χ1) is 9.46. The number of rotatable bonds is 4. The number of hydrogen-bond acceptors (Lipinski definition) is 2. The summed E-state index contributed by atoms with van der Waals surface area (Å²) in [5.74, 6) is -0.766. The van der Waals surface area contributed by atoms with Gasteiger partial charge in [0.05, 0.1) is 5.92 Å². The largest absolute Gasteiger partial charge is 0.406 e. The number of halogens is 3. The summed E-state index contributed by atoms with van der Waals surface area (Å²) in [6, 6.07) is 8.75. The first kappa shape index (κ1) is 14.8. The molecule has 6 heteroatoms. The summed E-state index contributed by atoms with van der Waals surface area (Å²) >= 11 is 0. The number of benzene rings is 1. The SMILES string of the molecule is O=C(C1CCNC1)N(Cc1ccccc1)CC(F)(F)F. The third-order valence-electron chi connectivity index (χ3n) is 3.31. The summed E-state index contributed by atoms with van der Waals surface area (Å²) in [5.41, 5.74) is 0.705. The van der Waals surface area contributed by atoms with Gasteiger partial charge in [0.15, 0.2) is 0 Å². The highest BCUT2D eigenvalue weighted by atomic mass is 19.4. The molecule has 1 aliphatic rings. The van der Waals surface area contributed by atoms with Crippen molar-refractivity contribution in [1.29, 1.82) is 0 Å². The minimum Gasteiger partial charge on any atom is -0.329 e. The van der Waals surface area contributed by atoms with Gasteiger partial charge < -0.3 is 10.2 Å². The molecular weight excluding hydrogens is 269 g/mol. The first-order valence-electron chi connectivity index (χ1n) is 6.56. The summed E-state index contributed by atoms with van der Waals surface area (Å²) in [5, 5.41) is 3.01. The second-order valence-corrected chi connectivity index (χ2v) is 4.98. The van der Waals surface area contributed by atoms with E-state index >= 15 is 0 Å². The molecule has 0 spiro atoms. The number of nitrogens with zero attached hydrogens (tertiary/aromatic N) is 1. The van der Waals surface area contributed by atoms with Crippen molar-refractivity contribution in [3.05, 3.63) is 35.9 Å². The summed E-state index contributed by atoms with van der Waals surface area (Å²) < 4.78 is 37.9. The molecular formula is C14H17F3N2O. The fraction of sp³-hybridized carbons (Fsp3) is 0.500. The molecule has 1 heterocycles. The Balaban J connectivity index is 2.09. The van der Waals surface area contributed by atoms with Crippen molar-refractivity contribution in [2.45, 2.75) is 19.1 Å². The second kappa shape index (κ2) is 6.26. The van der Waals surface area contributed by atoms with Crippen molar-refractivity contribution in [1.82, 2.24) is 10.2 Å². The molecule has 0 aromatic heterocycles. The van der Waals surface area contributed by atoms with E-state index in [4.69, 9.17) is 0 Å². The van der Waals surface area contributed by atoms with Crippen LogP contribution in [-0.4, -0.2) is 36.6 Å². The zero-order valence-electron chi connectivity index (χ0n) is 11.0. The van der Waals surface area contributed by atoms with Crippen molar-refractivity contribution in [2.75, 3.05) is 19.6 Å². The van der Waals surface area contributed by atoms with E-state index in [9.17, 15) is 18.0 Å². The highest BCUT2D eigenvalue weighted by molar-refractivity contribution is 5.79.